The molecule has 4 heterocycles. The average Bonchev–Trinajstić information content (AvgIpc) is 3.21. The highest BCUT2D eigenvalue weighted by Gasteiger charge is 2.31. The monoisotopic (exact) mass is 357 g/mol. The topological polar surface area (TPSA) is 47.5 Å². The number of fused-ring (bicyclic) bond motifs is 1. The molecule has 0 saturated carbocycles. The summed E-state index contributed by atoms with van der Waals surface area (Å²) in [5.41, 5.74) is 3.23. The number of likely N-dealkylation sites (tertiary alicyclic amines) is 1. The normalized spacial score (nSPS) is 20.7. The summed E-state index contributed by atoms with van der Waals surface area (Å²) in [4.78, 5) is 11.0. The van der Waals surface area contributed by atoms with Gasteiger partial charge in [-0.1, -0.05) is 0 Å². The van der Waals surface area contributed by atoms with Gasteiger partial charge in [-0.25, -0.2) is 9.37 Å². The number of pyridine rings is 2. The highest BCUT2D eigenvalue weighted by Crippen LogP contribution is 2.31. The molecule has 0 aromatic carbocycles. The van der Waals surface area contributed by atoms with E-state index >= 15 is 0 Å². The molecular weight excluding hydrogens is 333 g/mol. The minimum Gasteiger partial charge on any atom is -0.489 e. The van der Waals surface area contributed by atoms with Crippen LogP contribution in [0.2, 0.25) is 0 Å². The number of aromatic nitrogens is 2. The highest BCUT2D eigenvalue weighted by atomic mass is 19.1. The Labute approximate surface area is 153 Å². The summed E-state index contributed by atoms with van der Waals surface area (Å²) in [5, 5.41) is 0. The maximum atomic E-state index is 14.5. The molecule has 2 aromatic rings. The standard InChI is InChI=1S/C20H24FN3O2/c1-12-8-17(9-13(2)22-12)26-16-4-6-24(11-16)14(3)19-18(21)10-15-5-7-25-20(15)23-19/h8-10,14,16H,4-7,11H2,1-3H3/t14-,16+/m0/s1. The average molecular weight is 357 g/mol. The summed E-state index contributed by atoms with van der Waals surface area (Å²) in [6, 6.07) is 5.38. The van der Waals surface area contributed by atoms with E-state index in [0.717, 1.165) is 48.6 Å². The van der Waals surface area contributed by atoms with Crippen LogP contribution in [0, 0.1) is 19.7 Å². The van der Waals surface area contributed by atoms with Crippen LogP contribution in [0.25, 0.3) is 0 Å². The zero-order valence-electron chi connectivity index (χ0n) is 15.5. The molecule has 2 atom stereocenters. The molecule has 0 unspecified atom stereocenters. The molecule has 2 aromatic heterocycles. The minimum atomic E-state index is -0.244. The third-order valence-electron chi connectivity index (χ3n) is 5.13. The molecule has 1 fully saturated rings. The molecular formula is C20H24FN3O2. The number of hydrogen-bond donors (Lipinski definition) is 0. The van der Waals surface area contributed by atoms with Crippen molar-refractivity contribution in [1.82, 2.24) is 14.9 Å². The van der Waals surface area contributed by atoms with E-state index in [1.807, 2.05) is 32.9 Å². The van der Waals surface area contributed by atoms with Crippen LogP contribution in [0.5, 0.6) is 11.6 Å². The SMILES string of the molecule is Cc1cc(O[C@@H]2CCN([C@@H](C)c3nc4c(cc3F)CCO4)C2)cc(C)n1. The molecule has 26 heavy (non-hydrogen) atoms. The molecule has 1 saturated heterocycles. The number of rotatable bonds is 4. The first kappa shape index (κ1) is 17.2. The smallest absolute Gasteiger partial charge is 0.217 e. The minimum absolute atomic E-state index is 0.0902. The lowest BCUT2D eigenvalue weighted by Crippen LogP contribution is -2.28. The van der Waals surface area contributed by atoms with Gasteiger partial charge in [0.05, 0.1) is 18.3 Å². The first-order valence-electron chi connectivity index (χ1n) is 9.17. The molecule has 0 spiro atoms. The van der Waals surface area contributed by atoms with Gasteiger partial charge in [0.1, 0.15) is 17.7 Å². The van der Waals surface area contributed by atoms with Gasteiger partial charge in [-0.2, -0.15) is 0 Å². The van der Waals surface area contributed by atoms with E-state index in [1.54, 1.807) is 6.07 Å². The maximum absolute atomic E-state index is 14.5. The zero-order chi connectivity index (χ0) is 18.3. The van der Waals surface area contributed by atoms with Crippen LogP contribution in [-0.2, 0) is 6.42 Å². The first-order chi connectivity index (χ1) is 12.5. The predicted octanol–water partition coefficient (Wildman–Crippen LogP) is 3.38. The Morgan fingerprint density at radius 2 is 2.00 bits per heavy atom. The molecule has 4 rings (SSSR count). The number of nitrogens with zero attached hydrogens (tertiary/aromatic N) is 3. The van der Waals surface area contributed by atoms with E-state index < -0.39 is 0 Å². The maximum Gasteiger partial charge on any atom is 0.217 e. The Bertz CT molecular complexity index is 807. The van der Waals surface area contributed by atoms with Crippen molar-refractivity contribution >= 4 is 0 Å². The summed E-state index contributed by atoms with van der Waals surface area (Å²) in [7, 11) is 0. The van der Waals surface area contributed by atoms with Crippen LogP contribution >= 0.6 is 0 Å². The fourth-order valence-corrected chi connectivity index (χ4v) is 3.81. The van der Waals surface area contributed by atoms with Crippen molar-refractivity contribution in [2.75, 3.05) is 19.7 Å². The van der Waals surface area contributed by atoms with E-state index in [2.05, 4.69) is 14.9 Å². The Morgan fingerprint density at radius 3 is 2.77 bits per heavy atom. The van der Waals surface area contributed by atoms with Gasteiger partial charge in [-0.05, 0) is 33.3 Å². The van der Waals surface area contributed by atoms with Crippen molar-refractivity contribution < 1.29 is 13.9 Å². The van der Waals surface area contributed by atoms with Crippen molar-refractivity contribution in [2.24, 2.45) is 0 Å². The predicted molar refractivity (Wildman–Crippen MR) is 96.1 cm³/mol. The molecule has 0 radical (unpaired) electrons. The van der Waals surface area contributed by atoms with E-state index in [4.69, 9.17) is 9.47 Å². The number of ether oxygens (including phenoxy) is 2. The summed E-state index contributed by atoms with van der Waals surface area (Å²) >= 11 is 0. The molecule has 138 valence electrons. The van der Waals surface area contributed by atoms with Gasteiger partial charge in [-0.15, -0.1) is 0 Å². The van der Waals surface area contributed by atoms with E-state index in [0.29, 0.717) is 18.2 Å². The van der Waals surface area contributed by atoms with E-state index in [1.165, 1.54) is 0 Å². The number of halogens is 1. The quantitative estimate of drug-likeness (QED) is 0.839. The van der Waals surface area contributed by atoms with Gasteiger partial charge in [0, 0.05) is 48.6 Å². The lowest BCUT2D eigenvalue weighted by Gasteiger charge is -2.24. The van der Waals surface area contributed by atoms with Gasteiger partial charge < -0.3 is 9.47 Å². The number of aryl methyl sites for hydroxylation is 2. The van der Waals surface area contributed by atoms with Crippen LogP contribution < -0.4 is 9.47 Å². The molecule has 6 heteroatoms. The second-order valence-corrected chi connectivity index (χ2v) is 7.20. The van der Waals surface area contributed by atoms with Crippen molar-refractivity contribution in [3.8, 4) is 11.6 Å². The first-order valence-corrected chi connectivity index (χ1v) is 9.17. The van der Waals surface area contributed by atoms with Crippen LogP contribution in [0.1, 0.15) is 42.0 Å². The summed E-state index contributed by atoms with van der Waals surface area (Å²) in [5.74, 6) is 1.19. The van der Waals surface area contributed by atoms with Gasteiger partial charge >= 0.3 is 0 Å². The van der Waals surface area contributed by atoms with Crippen molar-refractivity contribution in [3.05, 3.63) is 46.7 Å². The highest BCUT2D eigenvalue weighted by molar-refractivity contribution is 5.33. The van der Waals surface area contributed by atoms with Crippen molar-refractivity contribution in [1.29, 1.82) is 0 Å². The third-order valence-corrected chi connectivity index (χ3v) is 5.13. The van der Waals surface area contributed by atoms with Crippen molar-refractivity contribution in [3.63, 3.8) is 0 Å². The van der Waals surface area contributed by atoms with Gasteiger partial charge in [0.25, 0.3) is 0 Å². The lowest BCUT2D eigenvalue weighted by molar-refractivity contribution is 0.179. The second kappa shape index (κ2) is 6.83. The lowest BCUT2D eigenvalue weighted by atomic mass is 10.1. The molecule has 5 nitrogen and oxygen atoms in total. The third kappa shape index (κ3) is 3.38. The molecule has 0 N–H and O–H groups in total. The second-order valence-electron chi connectivity index (χ2n) is 7.20. The summed E-state index contributed by atoms with van der Waals surface area (Å²) in [6.07, 6.45) is 1.74. The Hall–Kier alpha value is -2.21. The Morgan fingerprint density at radius 1 is 1.23 bits per heavy atom. The largest absolute Gasteiger partial charge is 0.489 e. The van der Waals surface area contributed by atoms with Gasteiger partial charge in [0.2, 0.25) is 5.88 Å². The Kier molecular flexibility index (Phi) is 4.53. The fourth-order valence-electron chi connectivity index (χ4n) is 3.81. The van der Waals surface area contributed by atoms with E-state index in [-0.39, 0.29) is 18.0 Å². The summed E-state index contributed by atoms with van der Waals surface area (Å²) < 4.78 is 26.1. The molecule has 2 aliphatic rings. The summed E-state index contributed by atoms with van der Waals surface area (Å²) in [6.45, 7) is 8.12. The van der Waals surface area contributed by atoms with Gasteiger partial charge in [-0.3, -0.25) is 9.88 Å². The molecule has 0 aliphatic carbocycles. The molecule has 0 bridgehead atoms. The zero-order valence-corrected chi connectivity index (χ0v) is 15.5. The number of hydrogen-bond acceptors (Lipinski definition) is 5. The molecule has 2 aliphatic heterocycles. The van der Waals surface area contributed by atoms with Crippen molar-refractivity contribution in [2.45, 2.75) is 45.8 Å². The Balaban J connectivity index is 1.45. The van der Waals surface area contributed by atoms with Gasteiger partial charge in [0.15, 0.2) is 0 Å². The van der Waals surface area contributed by atoms with E-state index in [9.17, 15) is 4.39 Å². The van der Waals surface area contributed by atoms with Crippen LogP contribution in [-0.4, -0.2) is 40.7 Å². The van der Waals surface area contributed by atoms with Crippen LogP contribution in [0.4, 0.5) is 4.39 Å². The van der Waals surface area contributed by atoms with Crippen LogP contribution in [0.15, 0.2) is 18.2 Å². The van der Waals surface area contributed by atoms with Crippen LogP contribution in [0.3, 0.4) is 0 Å². The molecule has 0 amide bonds. The fraction of sp³-hybridized carbons (Fsp3) is 0.500.